The van der Waals surface area contributed by atoms with Crippen molar-refractivity contribution in [3.63, 3.8) is 0 Å². The number of methoxy groups -OCH3 is 1. The Hall–Kier alpha value is -16.7. The van der Waals surface area contributed by atoms with E-state index in [1.165, 1.54) is 42.5 Å². The van der Waals surface area contributed by atoms with Crippen LogP contribution in [-0.4, -0.2) is 81.0 Å². The summed E-state index contributed by atoms with van der Waals surface area (Å²) >= 11 is 5.86. The van der Waals surface area contributed by atoms with Crippen molar-refractivity contribution < 1.29 is 50.7 Å². The van der Waals surface area contributed by atoms with Gasteiger partial charge >= 0.3 is 6.18 Å². The molecule has 34 heteroatoms. The summed E-state index contributed by atoms with van der Waals surface area (Å²) in [5, 5.41) is 4.67. The van der Waals surface area contributed by atoms with E-state index in [0.29, 0.717) is 170 Å². The molecule has 12 aromatic carbocycles. The third kappa shape index (κ3) is 22.9. The number of aryl methyl sites for hydroxylation is 2. The first-order valence-corrected chi connectivity index (χ1v) is 39.1. The highest BCUT2D eigenvalue weighted by Crippen LogP contribution is 2.39. The second-order valence-electron chi connectivity index (χ2n) is 28.0. The molecule has 29 nitrogen and oxygen atoms in total. The molecular formula is C93H83ClF4N22O7. The van der Waals surface area contributed by atoms with Crippen LogP contribution in [0.1, 0.15) is 33.6 Å². The van der Waals surface area contributed by atoms with Crippen molar-refractivity contribution in [2.24, 2.45) is 0 Å². The zero-order valence-corrected chi connectivity index (χ0v) is 69.5. The summed E-state index contributed by atoms with van der Waals surface area (Å²) in [6.07, 6.45) is -1.51. The predicted molar refractivity (Wildman–Crippen MR) is 489 cm³/mol. The van der Waals surface area contributed by atoms with Crippen LogP contribution in [-0.2, 0) is 26.0 Å². The quantitative estimate of drug-likeness (QED) is 0.0382. The highest BCUT2D eigenvalue weighted by molar-refractivity contribution is 6.30. The highest BCUT2D eigenvalue weighted by Gasteiger charge is 2.30. The number of fused-ring (bicyclic) bond motifs is 6. The number of rotatable bonds is 17. The van der Waals surface area contributed by atoms with Gasteiger partial charge in [0.05, 0.1) is 78.1 Å². The van der Waals surface area contributed by atoms with Crippen molar-refractivity contribution in [3.05, 3.63) is 312 Å². The van der Waals surface area contributed by atoms with Crippen molar-refractivity contribution in [2.75, 3.05) is 77.7 Å². The van der Waals surface area contributed by atoms with E-state index in [4.69, 9.17) is 96.4 Å². The minimum Gasteiger partial charge on any atom is -0.497 e. The summed E-state index contributed by atoms with van der Waals surface area (Å²) in [6, 6.07) is 74.2. The smallest absolute Gasteiger partial charge is 0.416 e. The van der Waals surface area contributed by atoms with Crippen LogP contribution in [0.25, 0.3) is 65.4 Å². The van der Waals surface area contributed by atoms with Crippen LogP contribution in [0, 0.1) is 19.7 Å². The van der Waals surface area contributed by atoms with Gasteiger partial charge < -0.3 is 89.7 Å². The predicted octanol–water partition coefficient (Wildman–Crippen LogP) is 18.6. The summed E-state index contributed by atoms with van der Waals surface area (Å²) in [6.45, 7) is 4.77. The number of alkyl halides is 3. The molecule has 642 valence electrons. The third-order valence-electron chi connectivity index (χ3n) is 18.7. The van der Waals surface area contributed by atoms with Gasteiger partial charge in [0.15, 0.2) is 0 Å². The fourth-order valence-electron chi connectivity index (χ4n) is 12.6. The lowest BCUT2D eigenvalue weighted by Gasteiger charge is -2.15. The number of nitrogens with zero attached hydrogens (tertiary/aromatic N) is 13. The van der Waals surface area contributed by atoms with E-state index in [2.05, 4.69) is 78.9 Å². The molecule has 0 aliphatic carbocycles. The van der Waals surface area contributed by atoms with Crippen molar-refractivity contribution in [1.29, 1.82) is 0 Å². The van der Waals surface area contributed by atoms with E-state index >= 15 is 0 Å². The first-order chi connectivity index (χ1) is 61.2. The van der Waals surface area contributed by atoms with E-state index < -0.39 is 11.7 Å². The Balaban J connectivity index is 0.000000131. The van der Waals surface area contributed by atoms with Crippen molar-refractivity contribution >= 4 is 135 Å². The molecule has 0 saturated carbocycles. The van der Waals surface area contributed by atoms with Crippen molar-refractivity contribution in [2.45, 2.75) is 39.8 Å². The minimum atomic E-state index is -4.35. The largest absolute Gasteiger partial charge is 0.497 e. The van der Waals surface area contributed by atoms with Gasteiger partial charge in [0.2, 0.25) is 17.8 Å². The van der Waals surface area contributed by atoms with Gasteiger partial charge in [-0.05, 0) is 188 Å². The molecule has 18 rings (SSSR count). The number of hydrogen-bond acceptors (Lipinski definition) is 29. The van der Waals surface area contributed by atoms with Gasteiger partial charge in [-0.15, -0.1) is 0 Å². The zero-order chi connectivity index (χ0) is 89.8. The molecule has 0 bridgehead atoms. The van der Waals surface area contributed by atoms with Crippen LogP contribution >= 0.6 is 11.6 Å². The van der Waals surface area contributed by atoms with Crippen molar-refractivity contribution in [1.82, 2.24) is 59.8 Å². The Kier molecular flexibility index (Phi) is 28.0. The molecule has 18 aromatic rings. The molecule has 0 aliphatic heterocycles. The van der Waals surface area contributed by atoms with Gasteiger partial charge in [0.25, 0.3) is 0 Å². The lowest BCUT2D eigenvalue weighted by atomic mass is 10.1. The fraction of sp³-hybridized carbons (Fsp3) is 0.0968. The molecule has 0 saturated heterocycles. The summed E-state index contributed by atoms with van der Waals surface area (Å²) in [5.41, 5.74) is 60.8. The average Bonchev–Trinajstić information content (AvgIpc) is 0.808. The summed E-state index contributed by atoms with van der Waals surface area (Å²) in [4.78, 5) is 51.2. The third-order valence-corrected chi connectivity index (χ3v) is 19.0. The highest BCUT2D eigenvalue weighted by atomic mass is 35.5. The van der Waals surface area contributed by atoms with Gasteiger partial charge in [0.1, 0.15) is 137 Å². The number of benzene rings is 12. The molecule has 6 heterocycles. The van der Waals surface area contributed by atoms with Gasteiger partial charge in [-0.25, -0.2) is 49.2 Å². The maximum atomic E-state index is 12.8. The second kappa shape index (κ2) is 40.3. The number of nitrogen functional groups attached to an aromatic ring is 9. The van der Waals surface area contributed by atoms with E-state index in [1.54, 1.807) is 50.4 Å². The maximum absolute atomic E-state index is 12.8. The maximum Gasteiger partial charge on any atom is 0.416 e. The SMILES string of the molecule is CN(C)c1cccc(Oc2cccc3nc(N)nc(N)c23)c1.COc1ccc(Oc2cccc3ncnc(N)c23)cc1.Cc1ccc(COc2cccc3nc(N)nc(N)c23)cc1.Cc1nc(N)c2c(OCc3ccc(C(F)(F)F)cc3)cccc2n1.Nc1nc(N)c2c(OCc3ccc(Cl)cc3)cccc2n1.Nc1ncnc2cccc(Oc3ccc(F)cc3)c12. The minimum absolute atomic E-state index is 0.116. The Labute approximate surface area is 729 Å². The van der Waals surface area contributed by atoms with E-state index in [1.807, 2.05) is 189 Å². The first-order valence-electron chi connectivity index (χ1n) is 38.7. The monoisotopic (exact) mass is 1730 g/mol. The Bertz CT molecular complexity index is 6740. The van der Waals surface area contributed by atoms with Crippen LogP contribution in [0.15, 0.2) is 267 Å². The van der Waals surface area contributed by atoms with Crippen LogP contribution in [0.4, 0.5) is 76.0 Å². The number of nitrogens with two attached hydrogens (primary N) is 9. The molecule has 0 fully saturated rings. The average molecular weight is 1730 g/mol. The molecule has 0 aliphatic rings. The lowest BCUT2D eigenvalue weighted by molar-refractivity contribution is -0.137. The Morgan fingerprint density at radius 2 is 0.677 bits per heavy atom. The molecule has 18 N–H and O–H groups in total. The summed E-state index contributed by atoms with van der Waals surface area (Å²) < 4.78 is 90.6. The normalized spacial score (nSPS) is 10.8. The van der Waals surface area contributed by atoms with Gasteiger partial charge in [0, 0.05) is 30.9 Å². The molecule has 0 radical (unpaired) electrons. The summed E-state index contributed by atoms with van der Waals surface area (Å²) in [5.74, 6) is 8.97. The van der Waals surface area contributed by atoms with E-state index in [0.717, 1.165) is 46.0 Å². The zero-order valence-electron chi connectivity index (χ0n) is 68.8. The molecule has 0 atom stereocenters. The number of anilines is 10. The van der Waals surface area contributed by atoms with Gasteiger partial charge in [-0.1, -0.05) is 108 Å². The van der Waals surface area contributed by atoms with Crippen LogP contribution < -0.4 is 89.7 Å². The molecule has 0 spiro atoms. The fourth-order valence-corrected chi connectivity index (χ4v) is 12.7. The first kappa shape index (κ1) is 88.1. The Morgan fingerprint density at radius 1 is 0.339 bits per heavy atom. The molecule has 0 unspecified atom stereocenters. The molecule has 0 amide bonds. The Morgan fingerprint density at radius 3 is 1.09 bits per heavy atom. The number of halogens is 5. The number of aromatic nitrogens is 12. The number of ether oxygens (including phenoxy) is 7. The summed E-state index contributed by atoms with van der Waals surface area (Å²) in [7, 11) is 5.58. The van der Waals surface area contributed by atoms with Crippen LogP contribution in [0.2, 0.25) is 5.02 Å². The van der Waals surface area contributed by atoms with Gasteiger partial charge in [-0.3, -0.25) is 0 Å². The van der Waals surface area contributed by atoms with Gasteiger partial charge in [-0.2, -0.15) is 28.1 Å². The van der Waals surface area contributed by atoms with Crippen LogP contribution in [0.5, 0.6) is 57.5 Å². The second-order valence-corrected chi connectivity index (χ2v) is 28.4. The van der Waals surface area contributed by atoms with Crippen molar-refractivity contribution in [3.8, 4) is 57.5 Å². The standard InChI is InChI=1S/C17H14F3N3O.C16H17N5O.C16H16N4O.C15H13ClN4O.C15H13N3O2.C14H10FN3O/c1-10-22-13-3-2-4-14(15(13)16(21)23-10)24-9-11-5-7-12(8-6-11)17(18,19)20;1-21(2)10-5-3-6-11(9-10)22-13-8-4-7-12-14(13)15(17)20-16(18)19-12;1-10-5-7-11(8-6-10)9-21-13-4-2-3-12-14(13)15(17)20-16(18)19-12;16-10-6-4-9(5-7-10)8-21-12-3-1-2-11-13(12)14(17)20-15(18)19-11;1-19-10-5-7-11(8-6-10)20-13-4-2-3-12-14(13)15(16)18-9-17-12;15-9-4-6-10(7-5-9)19-12-3-1-2-11-13(12)14(16)18-8-17-11/h2-8H,9H2,1H3,(H2,21,22,23);3-9H,1-2H3,(H4,17,18,19,20);2-8H,9H2,1H3,(H4,17,18,19,20);1-7H,8H2,(H4,17,18,19,20);2-9H,1H3,(H2,16,17,18);1-8H,(H2,16,17,18). The molecular weight excluding hydrogens is 1650 g/mol. The van der Waals surface area contributed by atoms with E-state index in [-0.39, 0.29) is 30.3 Å². The lowest BCUT2D eigenvalue weighted by Crippen LogP contribution is -2.08. The molecule has 6 aromatic heterocycles. The van der Waals surface area contributed by atoms with Crippen LogP contribution in [0.3, 0.4) is 0 Å². The molecule has 127 heavy (non-hydrogen) atoms. The number of hydrogen-bond donors (Lipinski definition) is 9. The van der Waals surface area contributed by atoms with E-state index in [9.17, 15) is 17.6 Å². The topological polar surface area (TPSA) is 457 Å².